The van der Waals surface area contributed by atoms with Gasteiger partial charge in [0.2, 0.25) is 0 Å². The van der Waals surface area contributed by atoms with Crippen LogP contribution in [-0.4, -0.2) is 15.7 Å². The normalized spacial score (nSPS) is 10.7. The topological polar surface area (TPSA) is 78.5 Å². The Labute approximate surface area is 190 Å². The predicted octanol–water partition coefficient (Wildman–Crippen LogP) is 5.56. The van der Waals surface area contributed by atoms with E-state index < -0.39 is 0 Å². The van der Waals surface area contributed by atoms with Crippen LogP contribution >= 0.6 is 11.6 Å². The molecule has 0 atom stereocenters. The smallest absolute Gasteiger partial charge is 0.291 e. The zero-order valence-electron chi connectivity index (χ0n) is 17.5. The van der Waals surface area contributed by atoms with E-state index in [9.17, 15) is 4.79 Å². The summed E-state index contributed by atoms with van der Waals surface area (Å²) in [5, 5.41) is 7.52. The number of carbonyl (C=O) groups is 1. The zero-order chi connectivity index (χ0) is 22.3. The molecule has 0 aliphatic heterocycles. The van der Waals surface area contributed by atoms with Crippen LogP contribution in [0.2, 0.25) is 5.02 Å². The van der Waals surface area contributed by atoms with Gasteiger partial charge in [-0.1, -0.05) is 36.7 Å². The monoisotopic (exact) mass is 451 g/mol. The van der Waals surface area contributed by atoms with Gasteiger partial charge in [0, 0.05) is 5.02 Å². The third-order valence-electron chi connectivity index (χ3n) is 4.65. The highest BCUT2D eigenvalue weighted by molar-refractivity contribution is 6.30. The lowest BCUT2D eigenvalue weighted by atomic mass is 10.2. The van der Waals surface area contributed by atoms with Crippen molar-refractivity contribution < 1.29 is 18.7 Å². The Hall–Kier alpha value is -3.71. The van der Waals surface area contributed by atoms with Crippen molar-refractivity contribution in [3.8, 4) is 11.5 Å². The van der Waals surface area contributed by atoms with Crippen molar-refractivity contribution in [3.05, 3.63) is 95.2 Å². The maximum absolute atomic E-state index is 12.5. The number of halogens is 1. The van der Waals surface area contributed by atoms with Gasteiger partial charge in [-0.25, -0.2) is 4.68 Å². The third kappa shape index (κ3) is 5.70. The van der Waals surface area contributed by atoms with Gasteiger partial charge in [-0.3, -0.25) is 4.79 Å². The molecule has 0 fully saturated rings. The summed E-state index contributed by atoms with van der Waals surface area (Å²) in [7, 11) is 0. The Kier molecular flexibility index (Phi) is 6.77. The van der Waals surface area contributed by atoms with E-state index >= 15 is 0 Å². The first-order valence-electron chi connectivity index (χ1n) is 10.1. The number of aromatic nitrogens is 2. The second kappa shape index (κ2) is 10.1. The Morgan fingerprint density at radius 3 is 2.72 bits per heavy atom. The maximum atomic E-state index is 12.5. The fourth-order valence-electron chi connectivity index (χ4n) is 2.94. The molecule has 2 aromatic heterocycles. The summed E-state index contributed by atoms with van der Waals surface area (Å²) in [5.41, 5.74) is 1.77. The summed E-state index contributed by atoms with van der Waals surface area (Å²) in [6.07, 6.45) is 4.17. The average molecular weight is 452 g/mol. The molecule has 1 N–H and O–H groups in total. The molecule has 164 valence electrons. The fraction of sp³-hybridized carbons (Fsp3) is 0.167. The quantitative estimate of drug-likeness (QED) is 0.360. The second-order valence-electron chi connectivity index (χ2n) is 7.01. The van der Waals surface area contributed by atoms with Crippen LogP contribution in [0.4, 0.5) is 5.69 Å². The summed E-state index contributed by atoms with van der Waals surface area (Å²) in [6.45, 7) is 2.51. The van der Waals surface area contributed by atoms with Gasteiger partial charge in [-0.05, 0) is 54.4 Å². The number of hydrogen-bond donors (Lipinski definition) is 1. The molecular weight excluding hydrogens is 430 g/mol. The Balaban J connectivity index is 1.28. The molecule has 0 aliphatic carbocycles. The molecular formula is C24H22ClN3O4. The van der Waals surface area contributed by atoms with Crippen LogP contribution in [0.15, 0.2) is 77.5 Å². The minimum Gasteiger partial charge on any atom is -0.486 e. The molecule has 4 rings (SSSR count). The number of aryl methyl sites for hydroxylation is 1. The molecule has 1 amide bonds. The Bertz CT molecular complexity index is 1180. The maximum Gasteiger partial charge on any atom is 0.291 e. The first-order valence-corrected chi connectivity index (χ1v) is 10.5. The number of anilines is 1. The van der Waals surface area contributed by atoms with Gasteiger partial charge in [-0.15, -0.1) is 0 Å². The van der Waals surface area contributed by atoms with Crippen molar-refractivity contribution in [3.63, 3.8) is 0 Å². The lowest BCUT2D eigenvalue weighted by Gasteiger charge is -2.06. The summed E-state index contributed by atoms with van der Waals surface area (Å²) in [6, 6.07) is 18.3. The highest BCUT2D eigenvalue weighted by Gasteiger charge is 2.13. The molecule has 0 bridgehead atoms. The van der Waals surface area contributed by atoms with E-state index in [2.05, 4.69) is 17.3 Å². The molecule has 0 saturated heterocycles. The molecule has 2 aromatic carbocycles. The van der Waals surface area contributed by atoms with Crippen molar-refractivity contribution in [1.82, 2.24) is 9.78 Å². The van der Waals surface area contributed by atoms with Crippen LogP contribution in [0, 0.1) is 0 Å². The highest BCUT2D eigenvalue weighted by Crippen LogP contribution is 2.19. The number of nitrogens with zero attached hydrogens (tertiary/aromatic N) is 2. The molecule has 0 unspecified atom stereocenters. The first-order chi connectivity index (χ1) is 15.6. The summed E-state index contributed by atoms with van der Waals surface area (Å²) in [5.74, 6) is 1.74. The first kappa shape index (κ1) is 21.5. The van der Waals surface area contributed by atoms with Gasteiger partial charge >= 0.3 is 0 Å². The van der Waals surface area contributed by atoms with E-state index in [1.54, 1.807) is 47.3 Å². The Morgan fingerprint density at radius 2 is 1.94 bits per heavy atom. The van der Waals surface area contributed by atoms with Gasteiger partial charge in [0.05, 0.1) is 18.1 Å². The van der Waals surface area contributed by atoms with Crippen molar-refractivity contribution in [2.75, 3.05) is 5.32 Å². The SMILES string of the molecule is CCc1ccc(OCc2ccc(C(=O)Nc3cnn(COc4cccc(Cl)c4)c3)o2)cc1. The van der Waals surface area contributed by atoms with Gasteiger partial charge in [0.25, 0.3) is 5.91 Å². The minimum absolute atomic E-state index is 0.178. The molecule has 0 saturated carbocycles. The summed E-state index contributed by atoms with van der Waals surface area (Å²) < 4.78 is 18.5. The number of nitrogens with one attached hydrogen (secondary N) is 1. The van der Waals surface area contributed by atoms with E-state index in [1.807, 2.05) is 24.3 Å². The van der Waals surface area contributed by atoms with Crippen LogP contribution in [-0.2, 0) is 19.8 Å². The molecule has 0 spiro atoms. The molecule has 0 radical (unpaired) electrons. The largest absolute Gasteiger partial charge is 0.486 e. The van der Waals surface area contributed by atoms with E-state index in [4.69, 9.17) is 25.5 Å². The lowest BCUT2D eigenvalue weighted by molar-refractivity contribution is 0.0992. The third-order valence-corrected chi connectivity index (χ3v) is 4.88. The number of furan rings is 1. The number of carbonyl (C=O) groups excluding carboxylic acids is 1. The summed E-state index contributed by atoms with van der Waals surface area (Å²) >= 11 is 5.94. The van der Waals surface area contributed by atoms with Crippen molar-refractivity contribution in [2.45, 2.75) is 26.7 Å². The van der Waals surface area contributed by atoms with Crippen molar-refractivity contribution in [2.24, 2.45) is 0 Å². The van der Waals surface area contributed by atoms with Gasteiger partial charge in [-0.2, -0.15) is 5.10 Å². The average Bonchev–Trinajstić information content (AvgIpc) is 3.46. The number of amides is 1. The molecule has 32 heavy (non-hydrogen) atoms. The Morgan fingerprint density at radius 1 is 1.09 bits per heavy atom. The lowest BCUT2D eigenvalue weighted by Crippen LogP contribution is -2.10. The zero-order valence-corrected chi connectivity index (χ0v) is 18.2. The van der Waals surface area contributed by atoms with E-state index in [-0.39, 0.29) is 25.0 Å². The molecule has 0 aliphatic rings. The van der Waals surface area contributed by atoms with Crippen molar-refractivity contribution in [1.29, 1.82) is 0 Å². The fourth-order valence-corrected chi connectivity index (χ4v) is 3.12. The second-order valence-corrected chi connectivity index (χ2v) is 7.44. The number of benzene rings is 2. The minimum atomic E-state index is -0.376. The van der Waals surface area contributed by atoms with E-state index in [0.29, 0.717) is 22.2 Å². The standard InChI is InChI=1S/C24H22ClN3O4/c1-2-17-6-8-20(9-7-17)30-15-22-10-11-23(32-22)24(29)27-19-13-26-28(14-19)16-31-21-5-3-4-18(25)12-21/h3-14H,2,15-16H2,1H3,(H,27,29). The van der Waals surface area contributed by atoms with Crippen LogP contribution in [0.5, 0.6) is 11.5 Å². The molecule has 4 aromatic rings. The number of hydrogen-bond acceptors (Lipinski definition) is 5. The van der Waals surface area contributed by atoms with Crippen LogP contribution < -0.4 is 14.8 Å². The van der Waals surface area contributed by atoms with Crippen LogP contribution in [0.3, 0.4) is 0 Å². The van der Waals surface area contributed by atoms with Crippen molar-refractivity contribution >= 4 is 23.2 Å². The van der Waals surface area contributed by atoms with Gasteiger partial charge in [0.1, 0.15) is 23.9 Å². The number of rotatable bonds is 9. The molecule has 8 heteroatoms. The highest BCUT2D eigenvalue weighted by atomic mass is 35.5. The molecule has 7 nitrogen and oxygen atoms in total. The van der Waals surface area contributed by atoms with Gasteiger partial charge < -0.3 is 19.2 Å². The number of ether oxygens (including phenoxy) is 2. The van der Waals surface area contributed by atoms with E-state index in [1.165, 1.54) is 11.8 Å². The summed E-state index contributed by atoms with van der Waals surface area (Å²) in [4.78, 5) is 12.5. The van der Waals surface area contributed by atoms with Crippen LogP contribution in [0.1, 0.15) is 28.8 Å². The molecule has 2 heterocycles. The van der Waals surface area contributed by atoms with Crippen LogP contribution in [0.25, 0.3) is 0 Å². The predicted molar refractivity (Wildman–Crippen MR) is 121 cm³/mol. The van der Waals surface area contributed by atoms with E-state index in [0.717, 1.165) is 12.2 Å². The van der Waals surface area contributed by atoms with Gasteiger partial charge in [0.15, 0.2) is 12.5 Å².